The molecule has 6 heteroatoms. The van der Waals surface area contributed by atoms with Crippen LogP contribution in [0.1, 0.15) is 46.0 Å². The molecule has 0 bridgehead atoms. The molecule has 2 aliphatic carbocycles. The Labute approximate surface area is 205 Å². The summed E-state index contributed by atoms with van der Waals surface area (Å²) in [6, 6.07) is 12.9. The van der Waals surface area contributed by atoms with Gasteiger partial charge in [-0.25, -0.2) is 4.99 Å². The van der Waals surface area contributed by atoms with Crippen LogP contribution in [0.25, 0.3) is 0 Å². The van der Waals surface area contributed by atoms with Gasteiger partial charge in [0.2, 0.25) is 0 Å². The number of allylic oxidation sites excluding steroid dienone is 1. The van der Waals surface area contributed by atoms with Gasteiger partial charge in [-0.1, -0.05) is 43.3 Å². The monoisotopic (exact) mass is 467 g/mol. The number of ether oxygens (including phenoxy) is 1. The molecule has 2 aromatic rings. The average Bonchev–Trinajstić information content (AvgIpc) is 2.86. The van der Waals surface area contributed by atoms with Crippen molar-refractivity contribution in [1.29, 1.82) is 0 Å². The Balaban J connectivity index is 1.39. The highest BCUT2D eigenvalue weighted by Crippen LogP contribution is 2.42. The molecule has 6 rings (SSSR count). The number of Topliss-reactive ketones (excluding diaryl/α,β-unsaturated/α-hetero) is 2. The Morgan fingerprint density at radius 3 is 2.60 bits per heavy atom. The number of para-hydroxylation sites is 1. The maximum absolute atomic E-state index is 13.7. The molecule has 2 heterocycles. The number of carbonyl (C=O) groups is 2. The fourth-order valence-corrected chi connectivity index (χ4v) is 5.66. The molecule has 1 N–H and O–H groups in total. The summed E-state index contributed by atoms with van der Waals surface area (Å²) < 4.78 is 6.32. The highest BCUT2D eigenvalue weighted by atomic mass is 16.5. The fraction of sp³-hybridized carbons (Fsp3) is 0.345. The topological polar surface area (TPSA) is 71.0 Å². The second kappa shape index (κ2) is 8.61. The number of carbonyl (C=O) groups excluding carboxylic acids is 2. The maximum Gasteiger partial charge on any atom is 0.196 e. The quantitative estimate of drug-likeness (QED) is 0.721. The number of benzene rings is 2. The predicted octanol–water partition coefficient (Wildman–Crippen LogP) is 4.42. The van der Waals surface area contributed by atoms with Crippen molar-refractivity contribution >= 4 is 23.0 Å². The zero-order valence-corrected chi connectivity index (χ0v) is 20.1. The Hall–Kier alpha value is -3.51. The third-order valence-corrected chi connectivity index (χ3v) is 7.41. The SMILES string of the molecule is Cc1cccc2c1N=C1C3=C(C(=O)c4ccccc4C3=O)C(NCCN3CCC[C@@H](C)C3)=CC1O2. The minimum Gasteiger partial charge on any atom is -0.478 e. The number of likely N-dealkylation sites (tertiary alicyclic amines) is 1. The summed E-state index contributed by atoms with van der Waals surface area (Å²) in [5, 5.41) is 3.49. The van der Waals surface area contributed by atoms with Gasteiger partial charge in [-0.3, -0.25) is 9.59 Å². The van der Waals surface area contributed by atoms with Gasteiger partial charge in [0.15, 0.2) is 17.7 Å². The lowest BCUT2D eigenvalue weighted by Gasteiger charge is -2.34. The number of hydrogen-bond donors (Lipinski definition) is 1. The van der Waals surface area contributed by atoms with Gasteiger partial charge in [-0.15, -0.1) is 0 Å². The normalized spacial score (nSPS) is 23.4. The lowest BCUT2D eigenvalue weighted by atomic mass is 9.76. The third-order valence-electron chi connectivity index (χ3n) is 7.41. The predicted molar refractivity (Wildman–Crippen MR) is 136 cm³/mol. The highest BCUT2D eigenvalue weighted by molar-refractivity contribution is 6.40. The van der Waals surface area contributed by atoms with E-state index in [1.807, 2.05) is 31.2 Å². The standard InChI is InChI=1S/C29H29N3O3/c1-17-7-6-13-32(16-17)14-12-30-21-15-23-27(31-26-18(2)8-5-11-22(26)35-23)25-24(21)28(33)19-9-3-4-10-20(19)29(25)34/h3-5,8-11,15,17,23,30H,6-7,12-14,16H2,1-2H3/t17-,23?/m1/s1. The van der Waals surface area contributed by atoms with Crippen molar-refractivity contribution in [3.8, 4) is 5.75 Å². The molecule has 6 nitrogen and oxygen atoms in total. The van der Waals surface area contributed by atoms with Gasteiger partial charge >= 0.3 is 0 Å². The number of nitrogens with one attached hydrogen (secondary N) is 1. The fourth-order valence-electron chi connectivity index (χ4n) is 5.66. The molecule has 35 heavy (non-hydrogen) atoms. The zero-order chi connectivity index (χ0) is 24.1. The smallest absolute Gasteiger partial charge is 0.196 e. The first kappa shape index (κ1) is 22.0. The van der Waals surface area contributed by atoms with Crippen LogP contribution in [-0.2, 0) is 0 Å². The summed E-state index contributed by atoms with van der Waals surface area (Å²) >= 11 is 0. The molecular weight excluding hydrogens is 438 g/mol. The van der Waals surface area contributed by atoms with Crippen molar-refractivity contribution in [1.82, 2.24) is 10.2 Å². The molecule has 178 valence electrons. The van der Waals surface area contributed by atoms with Gasteiger partial charge < -0.3 is 15.0 Å². The Bertz CT molecular complexity index is 1340. The van der Waals surface area contributed by atoms with Crippen LogP contribution in [-0.4, -0.2) is 54.5 Å². The van der Waals surface area contributed by atoms with Crippen molar-refractivity contribution in [3.63, 3.8) is 0 Å². The first-order chi connectivity index (χ1) is 17.0. The number of ketones is 2. The minimum atomic E-state index is -0.525. The summed E-state index contributed by atoms with van der Waals surface area (Å²) in [5.74, 6) is 1.09. The summed E-state index contributed by atoms with van der Waals surface area (Å²) in [7, 11) is 0. The molecule has 2 aliphatic heterocycles. The molecule has 0 radical (unpaired) electrons. The number of piperidine rings is 1. The number of rotatable bonds is 4. The van der Waals surface area contributed by atoms with Gasteiger partial charge in [0.25, 0.3) is 0 Å². The van der Waals surface area contributed by atoms with Crippen molar-refractivity contribution in [2.45, 2.75) is 32.8 Å². The van der Waals surface area contributed by atoms with Crippen LogP contribution in [0.3, 0.4) is 0 Å². The first-order valence-electron chi connectivity index (χ1n) is 12.5. The van der Waals surface area contributed by atoms with Crippen molar-refractivity contribution in [2.75, 3.05) is 26.2 Å². The molecule has 4 aliphatic rings. The van der Waals surface area contributed by atoms with Crippen LogP contribution < -0.4 is 10.1 Å². The summed E-state index contributed by atoms with van der Waals surface area (Å²) in [4.78, 5) is 34.8. The molecular formula is C29H29N3O3. The summed E-state index contributed by atoms with van der Waals surface area (Å²) in [5.41, 5.74) is 4.52. The lowest BCUT2D eigenvalue weighted by molar-refractivity contribution is 0.0978. The summed E-state index contributed by atoms with van der Waals surface area (Å²) in [6.45, 7) is 8.04. The van der Waals surface area contributed by atoms with Crippen LogP contribution in [0, 0.1) is 12.8 Å². The number of aryl methyl sites for hydroxylation is 1. The Morgan fingerprint density at radius 2 is 1.83 bits per heavy atom. The molecule has 1 fully saturated rings. The van der Waals surface area contributed by atoms with E-state index in [1.54, 1.807) is 24.3 Å². The maximum atomic E-state index is 13.7. The summed E-state index contributed by atoms with van der Waals surface area (Å²) in [6.07, 6.45) is 3.89. The van der Waals surface area contributed by atoms with Crippen molar-refractivity contribution < 1.29 is 14.3 Å². The van der Waals surface area contributed by atoms with E-state index in [1.165, 1.54) is 12.8 Å². The van der Waals surface area contributed by atoms with E-state index in [2.05, 4.69) is 17.1 Å². The number of fused-ring (bicyclic) bond motifs is 4. The molecule has 2 atom stereocenters. The van der Waals surface area contributed by atoms with Gasteiger partial charge in [-0.2, -0.15) is 0 Å². The van der Waals surface area contributed by atoms with Crippen molar-refractivity contribution in [2.24, 2.45) is 10.9 Å². The van der Waals surface area contributed by atoms with E-state index >= 15 is 0 Å². The number of nitrogens with zero attached hydrogens (tertiary/aromatic N) is 2. The van der Waals surface area contributed by atoms with Gasteiger partial charge in [0.1, 0.15) is 11.4 Å². The number of aliphatic imine (C=N–C) groups is 1. The van der Waals surface area contributed by atoms with Crippen LogP contribution in [0.5, 0.6) is 5.75 Å². The molecule has 1 saturated heterocycles. The largest absolute Gasteiger partial charge is 0.478 e. The van der Waals surface area contributed by atoms with Crippen LogP contribution >= 0.6 is 0 Å². The third kappa shape index (κ3) is 3.73. The average molecular weight is 468 g/mol. The minimum absolute atomic E-state index is 0.141. The first-order valence-corrected chi connectivity index (χ1v) is 12.5. The van der Waals surface area contributed by atoms with Gasteiger partial charge in [0.05, 0.1) is 16.9 Å². The molecule has 2 aromatic carbocycles. The van der Waals surface area contributed by atoms with E-state index in [0.717, 1.165) is 25.2 Å². The Kier molecular flexibility index (Phi) is 5.41. The van der Waals surface area contributed by atoms with Crippen LogP contribution in [0.2, 0.25) is 0 Å². The van der Waals surface area contributed by atoms with Crippen LogP contribution in [0.4, 0.5) is 5.69 Å². The van der Waals surface area contributed by atoms with Crippen LogP contribution in [0.15, 0.2) is 70.4 Å². The van der Waals surface area contributed by atoms with E-state index < -0.39 is 6.10 Å². The van der Waals surface area contributed by atoms with E-state index in [4.69, 9.17) is 9.73 Å². The van der Waals surface area contributed by atoms with Gasteiger partial charge in [0, 0.05) is 36.5 Å². The van der Waals surface area contributed by atoms with E-state index in [9.17, 15) is 9.59 Å². The van der Waals surface area contributed by atoms with Gasteiger partial charge in [-0.05, 0) is 49.9 Å². The Morgan fingerprint density at radius 1 is 1.06 bits per heavy atom. The second-order valence-corrected chi connectivity index (χ2v) is 9.97. The lowest BCUT2D eigenvalue weighted by Crippen LogP contribution is -2.43. The molecule has 0 saturated carbocycles. The van der Waals surface area contributed by atoms with E-state index in [-0.39, 0.29) is 11.6 Å². The number of hydrogen-bond acceptors (Lipinski definition) is 6. The zero-order valence-electron chi connectivity index (χ0n) is 20.1. The molecule has 0 spiro atoms. The van der Waals surface area contributed by atoms with E-state index in [0.29, 0.717) is 57.6 Å². The molecule has 1 unspecified atom stereocenters. The molecule has 0 aromatic heterocycles. The highest BCUT2D eigenvalue weighted by Gasteiger charge is 2.43. The second-order valence-electron chi connectivity index (χ2n) is 9.97. The molecule has 0 amide bonds. The van der Waals surface area contributed by atoms with Crippen molar-refractivity contribution in [3.05, 3.63) is 82.1 Å².